The van der Waals surface area contributed by atoms with Crippen LogP contribution in [0, 0.1) is 5.82 Å². The fourth-order valence-corrected chi connectivity index (χ4v) is 10.7. The van der Waals surface area contributed by atoms with Crippen molar-refractivity contribution in [2.45, 2.75) is 0 Å². The lowest BCUT2D eigenvalue weighted by Crippen LogP contribution is -2.09. The summed E-state index contributed by atoms with van der Waals surface area (Å²) in [4.78, 5) is 2.19. The molecule has 13 aromatic carbocycles. The summed E-state index contributed by atoms with van der Waals surface area (Å²) in [5, 5.41) is 14.8. The molecule has 0 aliphatic rings. The van der Waals surface area contributed by atoms with Gasteiger partial charge in [0.15, 0.2) is 0 Å². The topological polar surface area (TPSA) is 3.24 Å². The Morgan fingerprint density at radius 3 is 1.10 bits per heavy atom. The summed E-state index contributed by atoms with van der Waals surface area (Å²) < 4.78 is 14.4. The molecular weight excluding hydrogens is 826 g/mol. The number of anilines is 3. The molecule has 0 bridgehead atoms. The third kappa shape index (κ3) is 6.61. The quantitative estimate of drug-likeness (QED) is 0.114. The van der Waals surface area contributed by atoms with Gasteiger partial charge in [-0.15, -0.1) is 0 Å². The zero-order valence-corrected chi connectivity index (χ0v) is 37.1. The van der Waals surface area contributed by atoms with E-state index in [9.17, 15) is 4.39 Å². The maximum Gasteiger partial charge on any atom is 0.123 e. The highest BCUT2D eigenvalue weighted by molar-refractivity contribution is 6.28. The number of fused-ring (bicyclic) bond motifs is 8. The largest absolute Gasteiger partial charge is 0.311 e. The van der Waals surface area contributed by atoms with Crippen molar-refractivity contribution < 1.29 is 4.39 Å². The van der Waals surface area contributed by atoms with Gasteiger partial charge in [0, 0.05) is 17.1 Å². The van der Waals surface area contributed by atoms with E-state index in [0.29, 0.717) is 0 Å². The normalized spacial score (nSPS) is 11.6. The van der Waals surface area contributed by atoms with Crippen molar-refractivity contribution in [2.75, 3.05) is 4.90 Å². The van der Waals surface area contributed by atoms with Gasteiger partial charge in [-0.25, -0.2) is 4.39 Å². The van der Waals surface area contributed by atoms with E-state index in [1.54, 1.807) is 0 Å². The maximum atomic E-state index is 14.4. The molecule has 0 saturated carbocycles. The number of hydrogen-bond donors (Lipinski definition) is 0. The van der Waals surface area contributed by atoms with Gasteiger partial charge in [-0.1, -0.05) is 188 Å². The van der Waals surface area contributed by atoms with Crippen molar-refractivity contribution in [3.63, 3.8) is 0 Å². The Hall–Kier alpha value is -8.85. The Labute approximate surface area is 394 Å². The minimum absolute atomic E-state index is 0.263. The van der Waals surface area contributed by atoms with E-state index in [1.807, 2.05) is 18.2 Å². The Balaban J connectivity index is 1.04. The van der Waals surface area contributed by atoms with Crippen LogP contribution in [0.15, 0.2) is 255 Å². The lowest BCUT2D eigenvalue weighted by Gasteiger charge is -2.26. The van der Waals surface area contributed by atoms with Crippen molar-refractivity contribution in [2.24, 2.45) is 0 Å². The van der Waals surface area contributed by atoms with Crippen molar-refractivity contribution in [1.29, 1.82) is 0 Å². The Bertz CT molecular complexity index is 4060. The van der Waals surface area contributed by atoms with Gasteiger partial charge in [0.25, 0.3) is 0 Å². The minimum Gasteiger partial charge on any atom is -0.311 e. The second kappa shape index (κ2) is 16.2. The molecule has 0 amide bonds. The van der Waals surface area contributed by atoms with Crippen molar-refractivity contribution >= 4 is 81.7 Å². The molecule has 68 heavy (non-hydrogen) atoms. The van der Waals surface area contributed by atoms with Gasteiger partial charge in [0.1, 0.15) is 5.82 Å². The summed E-state index contributed by atoms with van der Waals surface area (Å²) in [6.07, 6.45) is 0. The standard InChI is InChI=1S/C66H42FN/c67-49-31-37-52(38-32-49)68(50-33-26-44(27-34-50)43-14-2-1-3-15-43)51-35-28-45(29-36-51)46-30-39-61-64(40-46)66(63-42-48-17-5-7-19-54(48)56-21-9-11-23-58(56)63)60-25-13-12-24-59(60)65(61)62-41-47-16-4-6-18-53(47)55-20-8-10-22-57(55)62/h1-42H. The van der Waals surface area contributed by atoms with E-state index >= 15 is 0 Å². The summed E-state index contributed by atoms with van der Waals surface area (Å²) in [6, 6.07) is 90.7. The van der Waals surface area contributed by atoms with E-state index in [0.717, 1.165) is 39.3 Å². The smallest absolute Gasteiger partial charge is 0.123 e. The number of halogens is 1. The van der Waals surface area contributed by atoms with E-state index in [1.165, 1.54) is 99.0 Å². The molecule has 2 heteroatoms. The first-order valence-electron chi connectivity index (χ1n) is 23.3. The lowest BCUT2D eigenvalue weighted by molar-refractivity contribution is 0.628. The Morgan fingerprint density at radius 2 is 0.588 bits per heavy atom. The molecular formula is C66H42FN. The van der Waals surface area contributed by atoms with Crippen LogP contribution in [0.25, 0.3) is 109 Å². The molecule has 0 atom stereocenters. The van der Waals surface area contributed by atoms with E-state index in [4.69, 9.17) is 0 Å². The minimum atomic E-state index is -0.263. The van der Waals surface area contributed by atoms with Crippen LogP contribution in [-0.2, 0) is 0 Å². The van der Waals surface area contributed by atoms with Gasteiger partial charge in [0.05, 0.1) is 0 Å². The summed E-state index contributed by atoms with van der Waals surface area (Å²) in [5.41, 5.74) is 12.3. The van der Waals surface area contributed by atoms with Crippen molar-refractivity contribution in [3.8, 4) is 44.5 Å². The van der Waals surface area contributed by atoms with Crippen molar-refractivity contribution in [3.05, 3.63) is 261 Å². The molecule has 13 rings (SSSR count). The van der Waals surface area contributed by atoms with E-state index in [2.05, 4.69) is 229 Å². The molecule has 0 aliphatic heterocycles. The van der Waals surface area contributed by atoms with Crippen LogP contribution < -0.4 is 4.90 Å². The van der Waals surface area contributed by atoms with Gasteiger partial charge < -0.3 is 4.90 Å². The fraction of sp³-hybridized carbons (Fsp3) is 0. The number of hydrogen-bond acceptors (Lipinski definition) is 1. The molecule has 318 valence electrons. The van der Waals surface area contributed by atoms with E-state index in [-0.39, 0.29) is 5.82 Å². The van der Waals surface area contributed by atoms with Crippen molar-refractivity contribution in [1.82, 2.24) is 0 Å². The van der Waals surface area contributed by atoms with Gasteiger partial charge >= 0.3 is 0 Å². The van der Waals surface area contributed by atoms with Crippen LogP contribution in [-0.4, -0.2) is 0 Å². The highest BCUT2D eigenvalue weighted by Crippen LogP contribution is 2.49. The monoisotopic (exact) mass is 867 g/mol. The molecule has 0 unspecified atom stereocenters. The summed E-state index contributed by atoms with van der Waals surface area (Å²) in [6.45, 7) is 0. The highest BCUT2D eigenvalue weighted by atomic mass is 19.1. The molecule has 0 aliphatic carbocycles. The number of nitrogens with zero attached hydrogens (tertiary/aromatic N) is 1. The second-order valence-corrected chi connectivity index (χ2v) is 17.7. The van der Waals surface area contributed by atoms with Crippen LogP contribution >= 0.6 is 0 Å². The SMILES string of the molecule is Fc1ccc(N(c2ccc(-c3ccccc3)cc2)c2ccc(-c3ccc4c(-c5cc6ccccc6c6ccccc56)c5ccccc5c(-c5cc6ccccc6c6ccccc56)c4c3)cc2)cc1. The molecule has 13 aromatic rings. The molecule has 0 saturated heterocycles. The van der Waals surface area contributed by atoms with Gasteiger partial charge in [-0.3, -0.25) is 0 Å². The third-order valence-electron chi connectivity index (χ3n) is 13.9. The van der Waals surface area contributed by atoms with Crippen LogP contribution in [0.3, 0.4) is 0 Å². The van der Waals surface area contributed by atoms with Crippen LogP contribution in [0.2, 0.25) is 0 Å². The first-order chi connectivity index (χ1) is 33.6. The molecule has 0 heterocycles. The second-order valence-electron chi connectivity index (χ2n) is 17.7. The predicted octanol–water partition coefficient (Wildman–Crippen LogP) is 18.9. The summed E-state index contributed by atoms with van der Waals surface area (Å²) in [7, 11) is 0. The first kappa shape index (κ1) is 39.5. The third-order valence-corrected chi connectivity index (χ3v) is 13.9. The number of rotatable bonds is 7. The first-order valence-corrected chi connectivity index (χ1v) is 23.3. The lowest BCUT2D eigenvalue weighted by atomic mass is 9.81. The zero-order chi connectivity index (χ0) is 45.1. The Kier molecular flexibility index (Phi) is 9.43. The summed E-state index contributed by atoms with van der Waals surface area (Å²) >= 11 is 0. The van der Waals surface area contributed by atoms with E-state index < -0.39 is 0 Å². The van der Waals surface area contributed by atoms with Crippen LogP contribution in [0.1, 0.15) is 0 Å². The molecule has 0 aromatic heterocycles. The van der Waals surface area contributed by atoms with Crippen LogP contribution in [0.4, 0.5) is 21.5 Å². The Morgan fingerprint density at radius 1 is 0.235 bits per heavy atom. The highest BCUT2D eigenvalue weighted by Gasteiger charge is 2.22. The predicted molar refractivity (Wildman–Crippen MR) is 288 cm³/mol. The average molecular weight is 868 g/mol. The zero-order valence-electron chi connectivity index (χ0n) is 37.1. The van der Waals surface area contributed by atoms with Gasteiger partial charge in [0.2, 0.25) is 0 Å². The molecule has 1 nitrogen and oxygen atoms in total. The molecule has 0 spiro atoms. The van der Waals surface area contributed by atoms with Gasteiger partial charge in [-0.2, -0.15) is 0 Å². The maximum absolute atomic E-state index is 14.4. The van der Waals surface area contributed by atoms with Gasteiger partial charge in [-0.05, 0) is 176 Å². The van der Waals surface area contributed by atoms with Crippen LogP contribution in [0.5, 0.6) is 0 Å². The molecule has 0 radical (unpaired) electrons. The molecule has 0 fully saturated rings. The fourth-order valence-electron chi connectivity index (χ4n) is 10.7. The number of benzene rings is 13. The average Bonchev–Trinajstić information content (AvgIpc) is 3.41. The summed E-state index contributed by atoms with van der Waals surface area (Å²) in [5.74, 6) is -0.263. The molecule has 0 N–H and O–H groups in total.